The van der Waals surface area contributed by atoms with Gasteiger partial charge in [0.2, 0.25) is 0 Å². The lowest BCUT2D eigenvalue weighted by atomic mass is 9.93. The Morgan fingerprint density at radius 1 is 0.429 bits per heavy atom. The molecule has 6 aromatic carbocycles. The number of methoxy groups -OCH3 is 2. The summed E-state index contributed by atoms with van der Waals surface area (Å²) >= 11 is 0. The highest BCUT2D eigenvalue weighted by Gasteiger charge is 2.26. The lowest BCUT2D eigenvalue weighted by Crippen LogP contribution is -1.86. The molecule has 0 saturated heterocycles. The van der Waals surface area contributed by atoms with Gasteiger partial charge in [-0.3, -0.25) is 0 Å². The van der Waals surface area contributed by atoms with Crippen LogP contribution >= 0.6 is 0 Å². The lowest BCUT2D eigenvalue weighted by molar-refractivity contribution is 0.415. The number of hydrogen-bond donors (Lipinski definition) is 0. The maximum atomic E-state index is 6.66. The van der Waals surface area contributed by atoms with Crippen molar-refractivity contribution in [3.05, 3.63) is 121 Å². The van der Waals surface area contributed by atoms with Crippen molar-refractivity contribution in [1.29, 1.82) is 0 Å². The van der Waals surface area contributed by atoms with Crippen LogP contribution in [0.2, 0.25) is 0 Å². The van der Waals surface area contributed by atoms with Gasteiger partial charge in [0.1, 0.15) is 34.2 Å². The molecule has 42 heavy (non-hydrogen) atoms. The molecule has 0 saturated carbocycles. The molecule has 0 aliphatic heterocycles. The highest BCUT2D eigenvalue weighted by atomic mass is 16.5. The van der Waals surface area contributed by atoms with E-state index in [2.05, 4.69) is 84.9 Å². The van der Waals surface area contributed by atoms with Crippen LogP contribution < -0.4 is 9.47 Å². The molecule has 8 aromatic rings. The van der Waals surface area contributed by atoms with Gasteiger partial charge in [-0.05, 0) is 70.1 Å². The van der Waals surface area contributed by atoms with E-state index >= 15 is 0 Å². The normalized spacial score (nSPS) is 11.6. The molecule has 202 valence electrons. The van der Waals surface area contributed by atoms with Gasteiger partial charge in [-0.1, -0.05) is 72.8 Å². The van der Waals surface area contributed by atoms with Gasteiger partial charge in [0.25, 0.3) is 0 Å². The zero-order chi connectivity index (χ0) is 28.2. The van der Waals surface area contributed by atoms with Crippen LogP contribution in [0.3, 0.4) is 0 Å². The topological polar surface area (TPSA) is 44.7 Å². The highest BCUT2D eigenvalue weighted by molar-refractivity contribution is 6.13. The van der Waals surface area contributed by atoms with Gasteiger partial charge in [0, 0.05) is 33.0 Å². The molecule has 0 atom stereocenters. The highest BCUT2D eigenvalue weighted by Crippen LogP contribution is 2.49. The Morgan fingerprint density at radius 3 is 1.29 bits per heavy atom. The van der Waals surface area contributed by atoms with Gasteiger partial charge >= 0.3 is 0 Å². The maximum Gasteiger partial charge on any atom is 0.143 e. The molecule has 0 spiro atoms. The van der Waals surface area contributed by atoms with E-state index in [9.17, 15) is 0 Å². The summed E-state index contributed by atoms with van der Waals surface area (Å²) < 4.78 is 24.2. The second kappa shape index (κ2) is 9.57. The van der Waals surface area contributed by atoms with Crippen molar-refractivity contribution < 1.29 is 18.3 Å². The molecular formula is C38H26O4. The van der Waals surface area contributed by atoms with E-state index in [0.29, 0.717) is 0 Å². The number of benzene rings is 6. The summed E-state index contributed by atoms with van der Waals surface area (Å²) in [5.74, 6) is 3.30. The fourth-order valence-electron chi connectivity index (χ4n) is 5.98. The molecule has 0 unspecified atom stereocenters. The van der Waals surface area contributed by atoms with E-state index in [1.165, 1.54) is 0 Å². The first-order chi connectivity index (χ1) is 20.7. The molecule has 0 aliphatic carbocycles. The predicted octanol–water partition coefficient (Wildman–Crippen LogP) is 10.5. The zero-order valence-electron chi connectivity index (χ0n) is 23.2. The quantitative estimate of drug-likeness (QED) is 0.215. The first-order valence-corrected chi connectivity index (χ1v) is 13.9. The molecule has 0 aliphatic rings. The molecule has 0 radical (unpaired) electrons. The minimum atomic E-state index is 0.812. The summed E-state index contributed by atoms with van der Waals surface area (Å²) in [6, 6.07) is 41.5. The summed E-state index contributed by atoms with van der Waals surface area (Å²) in [5.41, 5.74) is 5.71. The SMILES string of the molecule is COc1ccc2cc(-c3oc4ccccc4c3-c3c(-c4ccc5cc(OC)ccc5c4)oc4ccccc34)ccc2c1. The smallest absolute Gasteiger partial charge is 0.143 e. The summed E-state index contributed by atoms with van der Waals surface area (Å²) in [7, 11) is 3.38. The van der Waals surface area contributed by atoms with Gasteiger partial charge in [0.15, 0.2) is 0 Å². The van der Waals surface area contributed by atoms with E-state index < -0.39 is 0 Å². The molecule has 2 heterocycles. The number of ether oxygens (including phenoxy) is 2. The van der Waals surface area contributed by atoms with Crippen LogP contribution in [-0.2, 0) is 0 Å². The number of para-hydroxylation sites is 2. The minimum absolute atomic E-state index is 0.812. The predicted molar refractivity (Wildman–Crippen MR) is 170 cm³/mol. The van der Waals surface area contributed by atoms with Crippen molar-refractivity contribution >= 4 is 43.5 Å². The molecule has 0 fully saturated rings. The second-order valence-corrected chi connectivity index (χ2v) is 10.5. The average molecular weight is 547 g/mol. The first-order valence-electron chi connectivity index (χ1n) is 13.9. The monoisotopic (exact) mass is 546 g/mol. The van der Waals surface area contributed by atoms with E-state index in [-0.39, 0.29) is 0 Å². The Bertz CT molecular complexity index is 2120. The van der Waals surface area contributed by atoms with Crippen molar-refractivity contribution in [3.8, 4) is 45.3 Å². The standard InChI is InChI=1S/C38H26O4/c1-39-29-17-15-23-19-27(13-11-25(23)21-29)37-35(31-7-3-5-9-33(31)41-37)36-32-8-4-6-10-34(32)42-38(36)28-14-12-26-22-30(40-2)18-16-24(26)20-28/h3-22H,1-2H3. The van der Waals surface area contributed by atoms with Crippen LogP contribution in [0.25, 0.3) is 77.3 Å². The molecular weight excluding hydrogens is 520 g/mol. The number of fused-ring (bicyclic) bond motifs is 4. The third-order valence-electron chi connectivity index (χ3n) is 8.06. The van der Waals surface area contributed by atoms with Gasteiger partial charge < -0.3 is 18.3 Å². The van der Waals surface area contributed by atoms with Crippen LogP contribution in [-0.4, -0.2) is 14.2 Å². The van der Waals surface area contributed by atoms with Crippen molar-refractivity contribution in [3.63, 3.8) is 0 Å². The minimum Gasteiger partial charge on any atom is -0.497 e. The van der Waals surface area contributed by atoms with Gasteiger partial charge in [-0.2, -0.15) is 0 Å². The molecule has 0 bridgehead atoms. The molecule has 2 aromatic heterocycles. The number of hydrogen-bond acceptors (Lipinski definition) is 4. The van der Waals surface area contributed by atoms with Crippen molar-refractivity contribution in [1.82, 2.24) is 0 Å². The summed E-state index contributed by atoms with van der Waals surface area (Å²) in [5, 5.41) is 6.53. The van der Waals surface area contributed by atoms with Crippen molar-refractivity contribution in [2.75, 3.05) is 14.2 Å². The molecule has 0 N–H and O–H groups in total. The fraction of sp³-hybridized carbons (Fsp3) is 0.0526. The Hall–Kier alpha value is -5.48. The molecule has 8 rings (SSSR count). The Labute approximate surface area is 242 Å². The van der Waals surface area contributed by atoms with E-state index in [0.717, 1.165) is 88.8 Å². The Morgan fingerprint density at radius 2 is 0.833 bits per heavy atom. The first kappa shape index (κ1) is 24.3. The van der Waals surface area contributed by atoms with Crippen LogP contribution in [0.15, 0.2) is 130 Å². The fourth-order valence-corrected chi connectivity index (χ4v) is 5.98. The van der Waals surface area contributed by atoms with E-state index in [1.54, 1.807) is 14.2 Å². The largest absolute Gasteiger partial charge is 0.497 e. The van der Waals surface area contributed by atoms with Crippen LogP contribution in [0, 0.1) is 0 Å². The van der Waals surface area contributed by atoms with Crippen molar-refractivity contribution in [2.45, 2.75) is 0 Å². The summed E-state index contributed by atoms with van der Waals surface area (Å²) in [6.45, 7) is 0. The molecule has 0 amide bonds. The zero-order valence-corrected chi connectivity index (χ0v) is 23.2. The third kappa shape index (κ3) is 3.84. The van der Waals surface area contributed by atoms with Crippen LogP contribution in [0.1, 0.15) is 0 Å². The Balaban J connectivity index is 1.41. The Kier molecular flexibility index (Phi) is 5.54. The summed E-state index contributed by atoms with van der Waals surface area (Å²) in [6.07, 6.45) is 0. The van der Waals surface area contributed by atoms with E-state index in [4.69, 9.17) is 18.3 Å². The van der Waals surface area contributed by atoms with Crippen LogP contribution in [0.4, 0.5) is 0 Å². The maximum absolute atomic E-state index is 6.66. The molecule has 4 nitrogen and oxygen atoms in total. The summed E-state index contributed by atoms with van der Waals surface area (Å²) in [4.78, 5) is 0. The lowest BCUT2D eigenvalue weighted by Gasteiger charge is -2.09. The number of furan rings is 2. The van der Waals surface area contributed by atoms with Gasteiger partial charge in [-0.15, -0.1) is 0 Å². The second-order valence-electron chi connectivity index (χ2n) is 10.5. The number of rotatable bonds is 5. The average Bonchev–Trinajstić information content (AvgIpc) is 3.62. The van der Waals surface area contributed by atoms with Gasteiger partial charge in [-0.25, -0.2) is 0 Å². The van der Waals surface area contributed by atoms with E-state index in [1.807, 2.05) is 36.4 Å². The molecule has 4 heteroatoms. The van der Waals surface area contributed by atoms with Gasteiger partial charge in [0.05, 0.1) is 14.2 Å². The third-order valence-corrected chi connectivity index (χ3v) is 8.06. The van der Waals surface area contributed by atoms with Crippen molar-refractivity contribution in [2.24, 2.45) is 0 Å². The van der Waals surface area contributed by atoms with Crippen LogP contribution in [0.5, 0.6) is 11.5 Å².